The van der Waals surface area contributed by atoms with Gasteiger partial charge in [-0.15, -0.1) is 0 Å². The molecule has 0 bridgehead atoms. The van der Waals surface area contributed by atoms with Crippen LogP contribution in [0.5, 0.6) is 5.75 Å². The van der Waals surface area contributed by atoms with E-state index in [0.717, 1.165) is 5.56 Å². The average Bonchev–Trinajstić information content (AvgIpc) is 1.94. The van der Waals surface area contributed by atoms with Crippen molar-refractivity contribution in [1.82, 2.24) is 0 Å². The van der Waals surface area contributed by atoms with Gasteiger partial charge in [0.1, 0.15) is 5.75 Å². The number of thiocarbonyl (C=S) groups is 1. The molecule has 2 nitrogen and oxygen atoms in total. The van der Waals surface area contributed by atoms with E-state index >= 15 is 0 Å². The number of rotatable bonds is 2. The highest BCUT2D eigenvalue weighted by Gasteiger charge is 2.01. The summed E-state index contributed by atoms with van der Waals surface area (Å²) in [6.45, 7) is 0. The Morgan fingerprint density at radius 1 is 1.58 bits per heavy atom. The summed E-state index contributed by atoms with van der Waals surface area (Å²) in [4.78, 5) is 0.391. The lowest BCUT2D eigenvalue weighted by Gasteiger charge is -2.02. The molecule has 0 saturated heterocycles. The Morgan fingerprint density at radius 3 is 2.75 bits per heavy atom. The Bertz CT molecular complexity index is 314. The molecule has 0 radical (unpaired) electrons. The van der Waals surface area contributed by atoms with Gasteiger partial charge in [0.15, 0.2) is 0 Å². The first kappa shape index (κ1) is 9.29. The molecule has 3 N–H and O–H groups in total. The quantitative estimate of drug-likeness (QED) is 0.719. The molecule has 0 atom stereocenters. The number of nitrogens with two attached hydrogens (primary N) is 1. The summed E-state index contributed by atoms with van der Waals surface area (Å²) >= 11 is 10.5. The summed E-state index contributed by atoms with van der Waals surface area (Å²) in [5, 5.41) is 9.51. The molecule has 1 rings (SSSR count). The number of hydrogen-bond donors (Lipinski definition) is 2. The van der Waals surface area contributed by atoms with Crippen molar-refractivity contribution < 1.29 is 5.11 Å². The topological polar surface area (TPSA) is 46.2 Å². The van der Waals surface area contributed by atoms with E-state index in [1.54, 1.807) is 12.1 Å². The summed E-state index contributed by atoms with van der Waals surface area (Å²) in [6.07, 6.45) is 0.467. The standard InChI is InChI=1S/C8H8ClNOS/c9-7-4-6(11)2-1-5(7)3-8(10)12/h1-2,4,11H,3H2,(H2,10,12). The fraction of sp³-hybridized carbons (Fsp3) is 0.125. The maximum absolute atomic E-state index is 9.02. The van der Waals surface area contributed by atoms with Gasteiger partial charge >= 0.3 is 0 Å². The third-order valence-corrected chi connectivity index (χ3v) is 1.90. The van der Waals surface area contributed by atoms with Gasteiger partial charge in [-0.3, -0.25) is 0 Å². The molecule has 0 aliphatic carbocycles. The van der Waals surface area contributed by atoms with Gasteiger partial charge in [0.2, 0.25) is 0 Å². The van der Waals surface area contributed by atoms with Crippen LogP contribution in [0.15, 0.2) is 18.2 Å². The van der Waals surface area contributed by atoms with Crippen LogP contribution in [0.3, 0.4) is 0 Å². The van der Waals surface area contributed by atoms with Crippen LogP contribution < -0.4 is 5.73 Å². The molecular weight excluding hydrogens is 194 g/mol. The highest BCUT2D eigenvalue weighted by atomic mass is 35.5. The fourth-order valence-electron chi connectivity index (χ4n) is 0.867. The first-order chi connectivity index (χ1) is 5.59. The number of benzene rings is 1. The van der Waals surface area contributed by atoms with Gasteiger partial charge in [-0.2, -0.15) is 0 Å². The maximum Gasteiger partial charge on any atom is 0.117 e. The molecule has 0 amide bonds. The molecule has 12 heavy (non-hydrogen) atoms. The second-order valence-corrected chi connectivity index (χ2v) is 3.35. The Balaban J connectivity index is 2.93. The van der Waals surface area contributed by atoms with E-state index in [1.807, 2.05) is 0 Å². The van der Waals surface area contributed by atoms with Crippen LogP contribution in [0, 0.1) is 0 Å². The molecule has 1 aromatic rings. The molecule has 64 valence electrons. The predicted octanol–water partition coefficient (Wildman–Crippen LogP) is 1.87. The summed E-state index contributed by atoms with van der Waals surface area (Å²) in [5.41, 5.74) is 6.18. The summed E-state index contributed by atoms with van der Waals surface area (Å²) < 4.78 is 0. The Hall–Kier alpha value is -0.800. The zero-order valence-electron chi connectivity index (χ0n) is 6.25. The lowest BCUT2D eigenvalue weighted by Crippen LogP contribution is -2.11. The molecule has 0 aliphatic rings. The number of hydrogen-bond acceptors (Lipinski definition) is 2. The smallest absolute Gasteiger partial charge is 0.117 e. The summed E-state index contributed by atoms with van der Waals surface area (Å²) in [7, 11) is 0. The molecule has 0 aliphatic heterocycles. The minimum Gasteiger partial charge on any atom is -0.508 e. The third-order valence-electron chi connectivity index (χ3n) is 1.40. The van der Waals surface area contributed by atoms with Crippen LogP contribution in [0.4, 0.5) is 0 Å². The van der Waals surface area contributed by atoms with E-state index in [2.05, 4.69) is 0 Å². The fourth-order valence-corrected chi connectivity index (χ4v) is 1.26. The van der Waals surface area contributed by atoms with Gasteiger partial charge < -0.3 is 10.8 Å². The lowest BCUT2D eigenvalue weighted by atomic mass is 10.1. The van der Waals surface area contributed by atoms with Gasteiger partial charge in [-0.1, -0.05) is 29.9 Å². The Kier molecular flexibility index (Phi) is 2.89. The van der Waals surface area contributed by atoms with E-state index in [0.29, 0.717) is 16.4 Å². The van der Waals surface area contributed by atoms with Crippen molar-refractivity contribution in [2.45, 2.75) is 6.42 Å². The molecular formula is C8H8ClNOS. The largest absolute Gasteiger partial charge is 0.508 e. The number of phenolic OH excluding ortho intramolecular Hbond substituents is 1. The van der Waals surface area contributed by atoms with Crippen LogP contribution >= 0.6 is 23.8 Å². The highest BCUT2D eigenvalue weighted by molar-refractivity contribution is 7.80. The van der Waals surface area contributed by atoms with E-state index < -0.39 is 0 Å². The van der Waals surface area contributed by atoms with Crippen LogP contribution in [0.2, 0.25) is 5.02 Å². The number of phenols is 1. The summed E-state index contributed by atoms with van der Waals surface area (Å²) in [5.74, 6) is 0.145. The first-order valence-electron chi connectivity index (χ1n) is 3.35. The molecule has 4 heteroatoms. The van der Waals surface area contributed by atoms with Gasteiger partial charge in [-0.25, -0.2) is 0 Å². The van der Waals surface area contributed by atoms with Crippen LogP contribution in [0.1, 0.15) is 5.56 Å². The molecule has 0 fully saturated rings. The zero-order valence-corrected chi connectivity index (χ0v) is 7.82. The number of aromatic hydroxyl groups is 1. The molecule has 0 aromatic heterocycles. The normalized spacial score (nSPS) is 9.75. The second-order valence-electron chi connectivity index (χ2n) is 2.42. The van der Waals surface area contributed by atoms with E-state index in [4.69, 9.17) is 34.7 Å². The van der Waals surface area contributed by atoms with Crippen molar-refractivity contribution in [2.75, 3.05) is 0 Å². The van der Waals surface area contributed by atoms with Gasteiger partial charge in [0.25, 0.3) is 0 Å². The number of halogens is 1. The highest BCUT2D eigenvalue weighted by Crippen LogP contribution is 2.21. The SMILES string of the molecule is NC(=S)Cc1ccc(O)cc1Cl. The third kappa shape index (κ3) is 2.36. The van der Waals surface area contributed by atoms with E-state index in [-0.39, 0.29) is 5.75 Å². The summed E-state index contributed by atoms with van der Waals surface area (Å²) in [6, 6.07) is 4.73. The predicted molar refractivity (Wildman–Crippen MR) is 53.6 cm³/mol. The first-order valence-corrected chi connectivity index (χ1v) is 4.14. The Morgan fingerprint density at radius 2 is 2.25 bits per heavy atom. The molecule has 0 unspecified atom stereocenters. The van der Waals surface area contributed by atoms with Gasteiger partial charge in [0.05, 0.1) is 4.99 Å². The van der Waals surface area contributed by atoms with Crippen molar-refractivity contribution in [3.63, 3.8) is 0 Å². The molecule has 1 aromatic carbocycles. The van der Waals surface area contributed by atoms with E-state index in [9.17, 15) is 0 Å². The lowest BCUT2D eigenvalue weighted by molar-refractivity contribution is 0.475. The van der Waals surface area contributed by atoms with Crippen LogP contribution in [0.25, 0.3) is 0 Å². The monoisotopic (exact) mass is 201 g/mol. The molecule has 0 saturated carbocycles. The second kappa shape index (κ2) is 3.74. The van der Waals surface area contributed by atoms with Gasteiger partial charge in [0, 0.05) is 11.4 Å². The van der Waals surface area contributed by atoms with Crippen molar-refractivity contribution >= 4 is 28.8 Å². The van der Waals surface area contributed by atoms with Crippen molar-refractivity contribution in [3.8, 4) is 5.75 Å². The van der Waals surface area contributed by atoms with Crippen molar-refractivity contribution in [1.29, 1.82) is 0 Å². The van der Waals surface area contributed by atoms with Crippen LogP contribution in [-0.4, -0.2) is 10.1 Å². The van der Waals surface area contributed by atoms with E-state index in [1.165, 1.54) is 6.07 Å². The van der Waals surface area contributed by atoms with Crippen molar-refractivity contribution in [2.24, 2.45) is 5.73 Å². The molecule has 0 spiro atoms. The average molecular weight is 202 g/mol. The van der Waals surface area contributed by atoms with Crippen molar-refractivity contribution in [3.05, 3.63) is 28.8 Å². The molecule has 0 heterocycles. The van der Waals surface area contributed by atoms with Gasteiger partial charge in [-0.05, 0) is 17.7 Å². The minimum absolute atomic E-state index is 0.145. The van der Waals surface area contributed by atoms with Crippen LogP contribution in [-0.2, 0) is 6.42 Å². The maximum atomic E-state index is 9.02. The Labute approximate surface area is 81.0 Å². The zero-order chi connectivity index (χ0) is 9.14. The minimum atomic E-state index is 0.145.